The van der Waals surface area contributed by atoms with Gasteiger partial charge in [0.1, 0.15) is 11.6 Å². The first-order valence-electron chi connectivity index (χ1n) is 3.87. The van der Waals surface area contributed by atoms with E-state index in [-0.39, 0.29) is 18.1 Å². The van der Waals surface area contributed by atoms with Crippen LogP contribution in [0, 0.1) is 5.82 Å². The van der Waals surface area contributed by atoms with Crippen molar-refractivity contribution in [1.82, 2.24) is 0 Å². The lowest BCUT2D eigenvalue weighted by atomic mass is 10.2. The summed E-state index contributed by atoms with van der Waals surface area (Å²) >= 11 is 0. The van der Waals surface area contributed by atoms with Gasteiger partial charge < -0.3 is 14.7 Å². The molecule has 14 heavy (non-hydrogen) atoms. The Morgan fingerprint density at radius 1 is 1.57 bits per heavy atom. The van der Waals surface area contributed by atoms with E-state index in [2.05, 4.69) is 9.89 Å². The zero-order chi connectivity index (χ0) is 10.4. The van der Waals surface area contributed by atoms with E-state index in [4.69, 9.17) is 9.94 Å². The third kappa shape index (κ3) is 2.43. The second kappa shape index (κ2) is 5.18. The van der Waals surface area contributed by atoms with Crippen LogP contribution in [-0.4, -0.2) is 25.3 Å². The van der Waals surface area contributed by atoms with Gasteiger partial charge in [-0.1, -0.05) is 11.2 Å². The second-order valence-electron chi connectivity index (χ2n) is 2.45. The number of oxime groups is 1. The van der Waals surface area contributed by atoms with Crippen molar-refractivity contribution in [3.05, 3.63) is 29.6 Å². The van der Waals surface area contributed by atoms with E-state index in [0.29, 0.717) is 0 Å². The van der Waals surface area contributed by atoms with Gasteiger partial charge in [-0.25, -0.2) is 4.39 Å². The molecule has 0 aromatic heterocycles. The second-order valence-corrected chi connectivity index (χ2v) is 2.45. The predicted octanol–water partition coefficient (Wildman–Crippen LogP) is 1.62. The average Bonchev–Trinajstić information content (AvgIpc) is 2.19. The molecule has 0 unspecified atom stereocenters. The quantitative estimate of drug-likeness (QED) is 0.347. The van der Waals surface area contributed by atoms with Gasteiger partial charge in [0.2, 0.25) is 0 Å². The number of rotatable bonds is 4. The third-order valence-corrected chi connectivity index (χ3v) is 1.53. The molecule has 0 amide bonds. The summed E-state index contributed by atoms with van der Waals surface area (Å²) in [5.74, 6) is -0.249. The number of hydrogen-bond acceptors (Lipinski definition) is 4. The van der Waals surface area contributed by atoms with Gasteiger partial charge >= 0.3 is 0 Å². The van der Waals surface area contributed by atoms with E-state index in [1.807, 2.05) is 0 Å². The van der Waals surface area contributed by atoms with Gasteiger partial charge in [0, 0.05) is 7.11 Å². The summed E-state index contributed by atoms with van der Waals surface area (Å²) in [6, 6.07) is 4.30. The highest BCUT2D eigenvalue weighted by Gasteiger charge is 2.06. The molecule has 0 aliphatic carbocycles. The van der Waals surface area contributed by atoms with Gasteiger partial charge in [-0.3, -0.25) is 0 Å². The minimum Gasteiger partial charge on any atom is -0.467 e. The third-order valence-electron chi connectivity index (χ3n) is 1.53. The van der Waals surface area contributed by atoms with Crippen molar-refractivity contribution in [3.8, 4) is 5.75 Å². The molecule has 0 bridgehead atoms. The molecule has 0 fully saturated rings. The molecule has 1 aromatic carbocycles. The zero-order valence-electron chi connectivity index (χ0n) is 7.61. The van der Waals surface area contributed by atoms with Crippen molar-refractivity contribution in [2.75, 3.05) is 13.9 Å². The van der Waals surface area contributed by atoms with Crippen molar-refractivity contribution in [2.24, 2.45) is 5.16 Å². The summed E-state index contributed by atoms with van der Waals surface area (Å²) in [5.41, 5.74) is 0.0899. The average molecular weight is 199 g/mol. The normalized spacial score (nSPS) is 10.7. The van der Waals surface area contributed by atoms with Gasteiger partial charge in [-0.2, -0.15) is 0 Å². The Kier molecular flexibility index (Phi) is 3.87. The number of methoxy groups -OCH3 is 1. The summed E-state index contributed by atoms with van der Waals surface area (Å²) < 4.78 is 22.9. The molecule has 4 nitrogen and oxygen atoms in total. The van der Waals surface area contributed by atoms with Gasteiger partial charge in [0.25, 0.3) is 0 Å². The molecule has 0 atom stereocenters. The summed E-state index contributed by atoms with van der Waals surface area (Å²) in [4.78, 5) is 0. The van der Waals surface area contributed by atoms with Gasteiger partial charge in [0.05, 0.1) is 11.8 Å². The van der Waals surface area contributed by atoms with Crippen LogP contribution in [0.3, 0.4) is 0 Å². The Labute approximate surface area is 80.6 Å². The fourth-order valence-electron chi connectivity index (χ4n) is 0.949. The Morgan fingerprint density at radius 3 is 3.00 bits per heavy atom. The standard InChI is InChI=1S/C9H10FNO3/c1-13-6-14-9-4-2-3-8(10)7(9)5-11-12/h2-5,12H,6H2,1H3/b11-5+. The Bertz CT molecular complexity index is 328. The first kappa shape index (κ1) is 10.5. The lowest BCUT2D eigenvalue weighted by molar-refractivity contribution is 0.0508. The number of ether oxygens (including phenoxy) is 2. The monoisotopic (exact) mass is 199 g/mol. The molecule has 0 radical (unpaired) electrons. The van der Waals surface area contributed by atoms with Crippen LogP contribution in [0.4, 0.5) is 4.39 Å². The van der Waals surface area contributed by atoms with Crippen molar-refractivity contribution < 1.29 is 19.1 Å². The fourth-order valence-corrected chi connectivity index (χ4v) is 0.949. The molecular weight excluding hydrogens is 189 g/mol. The topological polar surface area (TPSA) is 51.0 Å². The largest absolute Gasteiger partial charge is 0.467 e. The van der Waals surface area contributed by atoms with Gasteiger partial charge in [-0.15, -0.1) is 0 Å². The number of nitrogens with zero attached hydrogens (tertiary/aromatic N) is 1. The van der Waals surface area contributed by atoms with Crippen LogP contribution in [-0.2, 0) is 4.74 Å². The molecule has 0 aliphatic rings. The molecule has 0 aliphatic heterocycles. The molecule has 76 valence electrons. The van der Waals surface area contributed by atoms with E-state index in [0.717, 1.165) is 6.21 Å². The highest BCUT2D eigenvalue weighted by atomic mass is 19.1. The number of hydrogen-bond donors (Lipinski definition) is 1. The van der Waals surface area contributed by atoms with E-state index in [1.54, 1.807) is 6.07 Å². The van der Waals surface area contributed by atoms with Gasteiger partial charge in [0.15, 0.2) is 6.79 Å². The summed E-state index contributed by atoms with van der Waals surface area (Å²) in [5, 5.41) is 11.1. The Morgan fingerprint density at radius 2 is 2.36 bits per heavy atom. The number of benzene rings is 1. The van der Waals surface area contributed by atoms with E-state index >= 15 is 0 Å². The van der Waals surface area contributed by atoms with Crippen molar-refractivity contribution in [2.45, 2.75) is 0 Å². The summed E-state index contributed by atoms with van der Waals surface area (Å²) in [7, 11) is 1.46. The van der Waals surface area contributed by atoms with E-state index in [1.165, 1.54) is 19.2 Å². The first-order valence-corrected chi connectivity index (χ1v) is 3.87. The van der Waals surface area contributed by atoms with Crippen LogP contribution in [0.15, 0.2) is 23.4 Å². The maximum absolute atomic E-state index is 13.1. The molecule has 1 rings (SSSR count). The molecule has 1 aromatic rings. The fraction of sp³-hybridized carbons (Fsp3) is 0.222. The molecule has 1 N–H and O–H groups in total. The molecule has 0 saturated heterocycles. The highest BCUT2D eigenvalue weighted by Crippen LogP contribution is 2.19. The highest BCUT2D eigenvalue weighted by molar-refractivity contribution is 5.83. The summed E-state index contributed by atoms with van der Waals surface area (Å²) in [6.45, 7) is 0.00964. The smallest absolute Gasteiger partial charge is 0.188 e. The minimum absolute atomic E-state index is 0.00964. The molecule has 0 heterocycles. The van der Waals surface area contributed by atoms with E-state index < -0.39 is 5.82 Å². The van der Waals surface area contributed by atoms with Crippen molar-refractivity contribution in [1.29, 1.82) is 0 Å². The minimum atomic E-state index is -0.517. The lowest BCUT2D eigenvalue weighted by Gasteiger charge is -2.07. The molecule has 0 spiro atoms. The number of halogens is 1. The SMILES string of the molecule is COCOc1cccc(F)c1/C=N/O. The van der Waals surface area contributed by atoms with Crippen LogP contribution in [0.2, 0.25) is 0 Å². The summed E-state index contributed by atoms with van der Waals surface area (Å²) in [6.07, 6.45) is 0.973. The maximum Gasteiger partial charge on any atom is 0.188 e. The van der Waals surface area contributed by atoms with Gasteiger partial charge in [-0.05, 0) is 12.1 Å². The lowest BCUT2D eigenvalue weighted by Crippen LogP contribution is -2.02. The molecule has 5 heteroatoms. The molecule has 0 saturated carbocycles. The Hall–Kier alpha value is -1.62. The van der Waals surface area contributed by atoms with Crippen molar-refractivity contribution >= 4 is 6.21 Å². The van der Waals surface area contributed by atoms with Crippen LogP contribution in [0.25, 0.3) is 0 Å². The molecular formula is C9H10FNO3. The maximum atomic E-state index is 13.1. The first-order chi connectivity index (χ1) is 6.79. The van der Waals surface area contributed by atoms with Crippen molar-refractivity contribution in [3.63, 3.8) is 0 Å². The van der Waals surface area contributed by atoms with Crippen LogP contribution in [0.5, 0.6) is 5.75 Å². The van der Waals surface area contributed by atoms with E-state index in [9.17, 15) is 4.39 Å². The Balaban J connectivity index is 2.95. The predicted molar refractivity (Wildman–Crippen MR) is 48.3 cm³/mol. The zero-order valence-corrected chi connectivity index (χ0v) is 7.61. The van der Waals surface area contributed by atoms with Crippen LogP contribution in [0.1, 0.15) is 5.56 Å². The van der Waals surface area contributed by atoms with Crippen LogP contribution >= 0.6 is 0 Å². The van der Waals surface area contributed by atoms with Crippen LogP contribution < -0.4 is 4.74 Å².